The molecule has 0 aliphatic carbocycles. The Labute approximate surface area is 209 Å². The molecule has 0 saturated carbocycles. The summed E-state index contributed by atoms with van der Waals surface area (Å²) in [6.45, 7) is 1.61. The molecular formula is C26H27F8NO2. The number of amides is 2. The van der Waals surface area contributed by atoms with Gasteiger partial charge in [0.1, 0.15) is 11.6 Å². The van der Waals surface area contributed by atoms with E-state index >= 15 is 0 Å². The monoisotopic (exact) mass is 537 g/mol. The van der Waals surface area contributed by atoms with E-state index in [1.165, 1.54) is 0 Å². The van der Waals surface area contributed by atoms with Crippen molar-refractivity contribution in [1.29, 1.82) is 0 Å². The molecule has 3 nitrogen and oxygen atoms in total. The van der Waals surface area contributed by atoms with Crippen molar-refractivity contribution in [3.05, 3.63) is 70.3 Å². The third-order valence-electron chi connectivity index (χ3n) is 5.72. The summed E-state index contributed by atoms with van der Waals surface area (Å²) in [6.07, 6.45) is -3.82. The molecular weight excluding hydrogens is 510 g/mol. The lowest BCUT2D eigenvalue weighted by molar-refractivity contribution is -0.138. The summed E-state index contributed by atoms with van der Waals surface area (Å²) in [7, 11) is 0. The molecule has 0 fully saturated rings. The topological polar surface area (TPSA) is 37.4 Å². The lowest BCUT2D eigenvalue weighted by Gasteiger charge is -2.23. The van der Waals surface area contributed by atoms with Crippen molar-refractivity contribution in [2.45, 2.75) is 70.6 Å². The van der Waals surface area contributed by atoms with Gasteiger partial charge in [0.05, 0.1) is 16.7 Å². The molecule has 37 heavy (non-hydrogen) atoms. The highest BCUT2D eigenvalue weighted by Crippen LogP contribution is 2.34. The Balaban J connectivity index is 2.37. The van der Waals surface area contributed by atoms with Gasteiger partial charge in [0.2, 0.25) is 0 Å². The van der Waals surface area contributed by atoms with E-state index in [1.807, 2.05) is 0 Å². The molecule has 0 bridgehead atoms. The highest BCUT2D eigenvalue weighted by atomic mass is 19.4. The normalized spacial score (nSPS) is 12.0. The highest BCUT2D eigenvalue weighted by molar-refractivity contribution is 6.11. The van der Waals surface area contributed by atoms with E-state index in [4.69, 9.17) is 0 Å². The van der Waals surface area contributed by atoms with E-state index in [0.29, 0.717) is 48.1 Å². The van der Waals surface area contributed by atoms with Crippen LogP contribution in [0.1, 0.15) is 90.1 Å². The molecule has 0 heterocycles. The van der Waals surface area contributed by atoms with Crippen LogP contribution in [0, 0.1) is 11.6 Å². The Morgan fingerprint density at radius 1 is 0.703 bits per heavy atom. The first kappa shape index (κ1) is 30.2. The summed E-state index contributed by atoms with van der Waals surface area (Å²) in [6, 6.07) is 2.07. The van der Waals surface area contributed by atoms with E-state index in [2.05, 4.69) is 6.92 Å². The maximum atomic E-state index is 13.9. The summed E-state index contributed by atoms with van der Waals surface area (Å²) in [4.78, 5) is 26.5. The van der Waals surface area contributed by atoms with E-state index in [-0.39, 0.29) is 12.5 Å². The Morgan fingerprint density at radius 3 is 1.86 bits per heavy atom. The number of hydrogen-bond donors (Lipinski definition) is 0. The van der Waals surface area contributed by atoms with Crippen LogP contribution in [0.15, 0.2) is 36.4 Å². The fourth-order valence-electron chi connectivity index (χ4n) is 3.82. The number of imide groups is 1. The first-order valence-corrected chi connectivity index (χ1v) is 11.9. The number of carbonyl (C=O) groups is 2. The smallest absolute Gasteiger partial charge is 0.274 e. The average Bonchev–Trinajstić information content (AvgIpc) is 2.80. The van der Waals surface area contributed by atoms with E-state index in [1.54, 1.807) is 0 Å². The van der Waals surface area contributed by atoms with Gasteiger partial charge in [-0.25, -0.2) is 8.78 Å². The van der Waals surface area contributed by atoms with E-state index in [0.717, 1.165) is 32.1 Å². The molecule has 2 aromatic rings. The molecule has 204 valence electrons. The second kappa shape index (κ2) is 13.0. The summed E-state index contributed by atoms with van der Waals surface area (Å²) in [5, 5.41) is 0. The van der Waals surface area contributed by atoms with Crippen LogP contribution in [0.3, 0.4) is 0 Å². The lowest BCUT2D eigenvalue weighted by Crippen LogP contribution is -2.39. The number of halogens is 8. The number of benzene rings is 2. The molecule has 0 aliphatic heterocycles. The molecule has 2 aromatic carbocycles. The number of rotatable bonds is 11. The van der Waals surface area contributed by atoms with Gasteiger partial charge in [-0.1, -0.05) is 51.9 Å². The Hall–Kier alpha value is -2.98. The molecule has 2 rings (SSSR count). The van der Waals surface area contributed by atoms with Crippen LogP contribution >= 0.6 is 0 Å². The zero-order valence-corrected chi connectivity index (χ0v) is 20.1. The van der Waals surface area contributed by atoms with Crippen molar-refractivity contribution >= 4 is 11.8 Å². The van der Waals surface area contributed by atoms with Gasteiger partial charge in [-0.3, -0.25) is 14.5 Å². The SMILES string of the molecule is CCCCCCCCCCN(C(=O)c1cc(F)cc(C(F)(F)F)c1)C(=O)c1cc(F)ccc1C(F)(F)F. The maximum absolute atomic E-state index is 13.9. The first-order valence-electron chi connectivity index (χ1n) is 11.9. The molecule has 0 saturated heterocycles. The second-order valence-electron chi connectivity index (χ2n) is 8.65. The van der Waals surface area contributed by atoms with Gasteiger partial charge < -0.3 is 0 Å². The molecule has 0 radical (unpaired) electrons. The third kappa shape index (κ3) is 8.82. The zero-order chi connectivity index (χ0) is 27.8. The van der Waals surface area contributed by atoms with Crippen molar-refractivity contribution < 1.29 is 44.7 Å². The van der Waals surface area contributed by atoms with Gasteiger partial charge in [-0.2, -0.15) is 26.3 Å². The second-order valence-corrected chi connectivity index (χ2v) is 8.65. The van der Waals surface area contributed by atoms with Crippen LogP contribution < -0.4 is 0 Å². The van der Waals surface area contributed by atoms with Crippen molar-refractivity contribution in [2.75, 3.05) is 6.54 Å². The van der Waals surface area contributed by atoms with Gasteiger partial charge in [-0.05, 0) is 42.8 Å². The van der Waals surface area contributed by atoms with Crippen LogP contribution in [0.4, 0.5) is 35.1 Å². The molecule has 0 spiro atoms. The van der Waals surface area contributed by atoms with Crippen molar-refractivity contribution in [1.82, 2.24) is 4.90 Å². The molecule has 2 amide bonds. The largest absolute Gasteiger partial charge is 0.417 e. The Kier molecular flexibility index (Phi) is 10.6. The average molecular weight is 537 g/mol. The molecule has 0 N–H and O–H groups in total. The van der Waals surface area contributed by atoms with Crippen molar-refractivity contribution in [3.8, 4) is 0 Å². The van der Waals surface area contributed by atoms with E-state index < -0.39 is 64.6 Å². The predicted molar refractivity (Wildman–Crippen MR) is 121 cm³/mol. The number of hydrogen-bond acceptors (Lipinski definition) is 2. The van der Waals surface area contributed by atoms with Crippen LogP contribution in [-0.4, -0.2) is 23.3 Å². The molecule has 0 atom stereocenters. The fourth-order valence-corrected chi connectivity index (χ4v) is 3.82. The molecule has 11 heteroatoms. The van der Waals surface area contributed by atoms with Gasteiger partial charge >= 0.3 is 12.4 Å². The van der Waals surface area contributed by atoms with Crippen LogP contribution in [0.5, 0.6) is 0 Å². The Morgan fingerprint density at radius 2 is 1.30 bits per heavy atom. The minimum Gasteiger partial charge on any atom is -0.274 e. The minimum absolute atomic E-state index is 0.142. The highest BCUT2D eigenvalue weighted by Gasteiger charge is 2.38. The predicted octanol–water partition coefficient (Wildman–Crippen LogP) is 8.43. The molecule has 0 aliphatic rings. The Bertz CT molecular complexity index is 1080. The van der Waals surface area contributed by atoms with Crippen LogP contribution in [0.25, 0.3) is 0 Å². The number of nitrogens with zero attached hydrogens (tertiary/aromatic N) is 1. The van der Waals surface area contributed by atoms with E-state index in [9.17, 15) is 44.7 Å². The van der Waals surface area contributed by atoms with Crippen molar-refractivity contribution in [3.63, 3.8) is 0 Å². The number of alkyl halides is 6. The molecule has 0 unspecified atom stereocenters. The number of unbranched alkanes of at least 4 members (excludes halogenated alkanes) is 7. The lowest BCUT2D eigenvalue weighted by atomic mass is 10.0. The zero-order valence-electron chi connectivity index (χ0n) is 20.1. The summed E-state index contributed by atoms with van der Waals surface area (Å²) >= 11 is 0. The number of carbonyl (C=O) groups excluding carboxylic acids is 2. The molecule has 0 aromatic heterocycles. The summed E-state index contributed by atoms with van der Waals surface area (Å²) in [5.41, 5.74) is -5.06. The maximum Gasteiger partial charge on any atom is 0.417 e. The minimum atomic E-state index is -5.08. The quantitative estimate of drug-likeness (QED) is 0.164. The summed E-state index contributed by atoms with van der Waals surface area (Å²) < 4.78 is 108. The van der Waals surface area contributed by atoms with Gasteiger partial charge in [0, 0.05) is 12.1 Å². The van der Waals surface area contributed by atoms with Crippen molar-refractivity contribution in [2.24, 2.45) is 0 Å². The van der Waals surface area contributed by atoms with Gasteiger partial charge in [0.15, 0.2) is 0 Å². The van der Waals surface area contributed by atoms with Gasteiger partial charge in [-0.15, -0.1) is 0 Å². The first-order chi connectivity index (χ1) is 17.3. The van der Waals surface area contributed by atoms with Crippen LogP contribution in [-0.2, 0) is 12.4 Å². The van der Waals surface area contributed by atoms with Crippen LogP contribution in [0.2, 0.25) is 0 Å². The van der Waals surface area contributed by atoms with Gasteiger partial charge in [0.25, 0.3) is 11.8 Å². The standard InChI is InChI=1S/C26H27F8NO2/c1-2-3-4-5-6-7-8-9-12-35(23(36)17-13-18(25(29,30)31)15-20(28)14-17)24(37)21-16-19(27)10-11-22(21)26(32,33)34/h10-11,13-16H,2-9,12H2,1H3. The fraction of sp³-hybridized carbons (Fsp3) is 0.462. The summed E-state index contributed by atoms with van der Waals surface area (Å²) in [5.74, 6) is -5.56. The third-order valence-corrected chi connectivity index (χ3v) is 5.72.